The van der Waals surface area contributed by atoms with E-state index in [-0.39, 0.29) is 22.5 Å². The summed E-state index contributed by atoms with van der Waals surface area (Å²) < 4.78 is 27.3. The number of aryl methyl sites for hydroxylation is 1. The SMILES string of the molecule is CCCCNS(=O)(=O)c1cccc(NC(=O)C(C)SCC(=O)Nc2ccc(C)cc2)c1. The lowest BCUT2D eigenvalue weighted by atomic mass is 10.2. The van der Waals surface area contributed by atoms with Gasteiger partial charge in [-0.15, -0.1) is 11.8 Å². The largest absolute Gasteiger partial charge is 0.325 e. The fourth-order valence-electron chi connectivity index (χ4n) is 2.56. The van der Waals surface area contributed by atoms with Gasteiger partial charge in [0.05, 0.1) is 15.9 Å². The highest BCUT2D eigenvalue weighted by Crippen LogP contribution is 2.18. The molecule has 0 aliphatic heterocycles. The van der Waals surface area contributed by atoms with Crippen LogP contribution in [-0.2, 0) is 19.6 Å². The van der Waals surface area contributed by atoms with Gasteiger partial charge in [-0.05, 0) is 50.6 Å². The lowest BCUT2D eigenvalue weighted by Gasteiger charge is -2.13. The molecule has 1 unspecified atom stereocenters. The Labute approximate surface area is 188 Å². The predicted molar refractivity (Wildman–Crippen MR) is 127 cm³/mol. The zero-order valence-corrected chi connectivity index (χ0v) is 19.6. The molecule has 0 aromatic heterocycles. The van der Waals surface area contributed by atoms with Crippen LogP contribution in [0.5, 0.6) is 0 Å². The molecular formula is C22H29N3O4S2. The van der Waals surface area contributed by atoms with Crippen molar-refractivity contribution in [2.45, 2.75) is 43.8 Å². The van der Waals surface area contributed by atoms with Crippen molar-refractivity contribution in [3.8, 4) is 0 Å². The number of nitrogens with one attached hydrogen (secondary N) is 3. The van der Waals surface area contributed by atoms with Gasteiger partial charge in [-0.1, -0.05) is 37.1 Å². The highest BCUT2D eigenvalue weighted by atomic mass is 32.2. The van der Waals surface area contributed by atoms with Gasteiger partial charge in [0.25, 0.3) is 0 Å². The summed E-state index contributed by atoms with van der Waals surface area (Å²) in [7, 11) is -3.62. The highest BCUT2D eigenvalue weighted by molar-refractivity contribution is 8.01. The molecule has 1 atom stereocenters. The van der Waals surface area contributed by atoms with Crippen molar-refractivity contribution in [2.75, 3.05) is 22.9 Å². The Morgan fingerprint density at radius 3 is 2.42 bits per heavy atom. The van der Waals surface area contributed by atoms with Crippen LogP contribution in [0.4, 0.5) is 11.4 Å². The third-order valence-electron chi connectivity index (χ3n) is 4.40. The second kappa shape index (κ2) is 11.9. The van der Waals surface area contributed by atoms with Crippen LogP contribution in [0.25, 0.3) is 0 Å². The van der Waals surface area contributed by atoms with Crippen molar-refractivity contribution < 1.29 is 18.0 Å². The summed E-state index contributed by atoms with van der Waals surface area (Å²) in [5.74, 6) is -0.375. The van der Waals surface area contributed by atoms with E-state index < -0.39 is 15.3 Å². The third-order valence-corrected chi connectivity index (χ3v) is 7.00. The second-order valence-electron chi connectivity index (χ2n) is 7.14. The number of carbonyl (C=O) groups excluding carboxylic acids is 2. The maximum Gasteiger partial charge on any atom is 0.240 e. The molecule has 0 aliphatic rings. The fourth-order valence-corrected chi connectivity index (χ4v) is 4.37. The van der Waals surface area contributed by atoms with Crippen LogP contribution in [0.1, 0.15) is 32.3 Å². The predicted octanol–water partition coefficient (Wildman–Crippen LogP) is 3.77. The fraction of sp³-hybridized carbons (Fsp3) is 0.364. The van der Waals surface area contributed by atoms with Gasteiger partial charge < -0.3 is 10.6 Å². The zero-order chi connectivity index (χ0) is 22.9. The van der Waals surface area contributed by atoms with E-state index >= 15 is 0 Å². The quantitative estimate of drug-likeness (QED) is 0.440. The molecule has 0 spiro atoms. The minimum Gasteiger partial charge on any atom is -0.325 e. The molecule has 3 N–H and O–H groups in total. The topological polar surface area (TPSA) is 104 Å². The lowest BCUT2D eigenvalue weighted by molar-refractivity contribution is -0.115. The number of hydrogen-bond donors (Lipinski definition) is 3. The molecule has 9 heteroatoms. The first-order chi connectivity index (χ1) is 14.7. The van der Waals surface area contributed by atoms with Crippen molar-refractivity contribution in [1.82, 2.24) is 4.72 Å². The Balaban J connectivity index is 1.88. The molecule has 31 heavy (non-hydrogen) atoms. The number of thioether (sulfide) groups is 1. The Bertz CT molecular complexity index is 992. The van der Waals surface area contributed by atoms with Crippen LogP contribution >= 0.6 is 11.8 Å². The van der Waals surface area contributed by atoms with Crippen LogP contribution in [0.2, 0.25) is 0 Å². The number of rotatable bonds is 11. The van der Waals surface area contributed by atoms with Crippen molar-refractivity contribution in [1.29, 1.82) is 0 Å². The number of carbonyl (C=O) groups is 2. The van der Waals surface area contributed by atoms with Gasteiger partial charge in [-0.3, -0.25) is 9.59 Å². The number of amides is 2. The van der Waals surface area contributed by atoms with Crippen molar-refractivity contribution in [2.24, 2.45) is 0 Å². The lowest BCUT2D eigenvalue weighted by Crippen LogP contribution is -2.26. The average molecular weight is 464 g/mol. The van der Waals surface area contributed by atoms with E-state index in [4.69, 9.17) is 0 Å². The molecule has 0 aliphatic carbocycles. The molecule has 2 aromatic carbocycles. The highest BCUT2D eigenvalue weighted by Gasteiger charge is 2.18. The van der Waals surface area contributed by atoms with Crippen molar-refractivity contribution in [3.05, 3.63) is 54.1 Å². The maximum absolute atomic E-state index is 12.5. The summed E-state index contributed by atoms with van der Waals surface area (Å²) in [5.41, 5.74) is 2.20. The number of anilines is 2. The summed E-state index contributed by atoms with van der Waals surface area (Å²) in [6.45, 7) is 6.02. The Hall–Kier alpha value is -2.36. The van der Waals surface area contributed by atoms with Gasteiger partial charge in [0.1, 0.15) is 0 Å². The monoisotopic (exact) mass is 463 g/mol. The van der Waals surface area contributed by atoms with Crippen molar-refractivity contribution in [3.63, 3.8) is 0 Å². The molecule has 7 nitrogen and oxygen atoms in total. The number of sulfonamides is 1. The van der Waals surface area contributed by atoms with E-state index in [9.17, 15) is 18.0 Å². The van der Waals surface area contributed by atoms with Gasteiger partial charge in [0.2, 0.25) is 21.8 Å². The summed E-state index contributed by atoms with van der Waals surface area (Å²) in [6, 6.07) is 13.6. The Morgan fingerprint density at radius 1 is 1.03 bits per heavy atom. The third kappa shape index (κ3) is 8.35. The Kier molecular flexibility index (Phi) is 9.54. The molecule has 0 heterocycles. The molecule has 0 saturated heterocycles. The van der Waals surface area contributed by atoms with Crippen LogP contribution in [0.3, 0.4) is 0 Å². The van der Waals surface area contributed by atoms with E-state index in [1.807, 2.05) is 38.1 Å². The molecule has 2 amide bonds. The number of unbranched alkanes of at least 4 members (excludes halogenated alkanes) is 1. The van der Waals surface area contributed by atoms with E-state index in [1.165, 1.54) is 23.9 Å². The maximum atomic E-state index is 12.5. The van der Waals surface area contributed by atoms with E-state index in [0.29, 0.717) is 17.9 Å². The van der Waals surface area contributed by atoms with Gasteiger partial charge in [-0.25, -0.2) is 13.1 Å². The molecule has 0 bridgehead atoms. The zero-order valence-electron chi connectivity index (χ0n) is 18.0. The van der Waals surface area contributed by atoms with Gasteiger partial charge in [0, 0.05) is 17.9 Å². The summed E-state index contributed by atoms with van der Waals surface area (Å²) in [6.07, 6.45) is 1.64. The summed E-state index contributed by atoms with van der Waals surface area (Å²) in [5, 5.41) is 5.02. The minimum absolute atomic E-state index is 0.0965. The molecule has 0 radical (unpaired) electrons. The average Bonchev–Trinajstić information content (AvgIpc) is 2.74. The number of hydrogen-bond acceptors (Lipinski definition) is 5. The standard InChI is InChI=1S/C22H29N3O4S2/c1-4-5-13-23-31(28,29)20-8-6-7-19(14-20)25-22(27)17(3)30-15-21(26)24-18-11-9-16(2)10-12-18/h6-12,14,17,23H,4-5,13,15H2,1-3H3,(H,24,26)(H,25,27). The number of benzene rings is 2. The molecule has 168 valence electrons. The molecule has 0 fully saturated rings. The van der Waals surface area contributed by atoms with Gasteiger partial charge >= 0.3 is 0 Å². The smallest absolute Gasteiger partial charge is 0.240 e. The molecule has 2 rings (SSSR count). The van der Waals surface area contributed by atoms with E-state index in [2.05, 4.69) is 15.4 Å². The molecular weight excluding hydrogens is 434 g/mol. The summed E-state index contributed by atoms with van der Waals surface area (Å²) >= 11 is 1.20. The first-order valence-corrected chi connectivity index (χ1v) is 12.6. The second-order valence-corrected chi connectivity index (χ2v) is 10.2. The van der Waals surface area contributed by atoms with E-state index in [0.717, 1.165) is 18.4 Å². The summed E-state index contributed by atoms with van der Waals surface area (Å²) in [4.78, 5) is 24.7. The van der Waals surface area contributed by atoms with Crippen LogP contribution in [0, 0.1) is 6.92 Å². The van der Waals surface area contributed by atoms with Crippen LogP contribution in [-0.4, -0.2) is 37.8 Å². The molecule has 2 aromatic rings. The van der Waals surface area contributed by atoms with Gasteiger partial charge in [0.15, 0.2) is 0 Å². The first-order valence-electron chi connectivity index (χ1n) is 10.1. The van der Waals surface area contributed by atoms with Crippen LogP contribution < -0.4 is 15.4 Å². The minimum atomic E-state index is -3.62. The normalized spacial score (nSPS) is 12.2. The Morgan fingerprint density at radius 2 is 1.74 bits per heavy atom. The molecule has 0 saturated carbocycles. The first kappa shape index (κ1) is 24.9. The van der Waals surface area contributed by atoms with Crippen LogP contribution in [0.15, 0.2) is 53.4 Å². The van der Waals surface area contributed by atoms with Crippen molar-refractivity contribution >= 4 is 45.0 Å². The van der Waals surface area contributed by atoms with Gasteiger partial charge in [-0.2, -0.15) is 0 Å². The van der Waals surface area contributed by atoms with E-state index in [1.54, 1.807) is 19.1 Å².